The number of benzene rings is 1. The van der Waals surface area contributed by atoms with Crippen molar-refractivity contribution in [1.82, 2.24) is 0 Å². The van der Waals surface area contributed by atoms with Crippen molar-refractivity contribution < 1.29 is 19.2 Å². The summed E-state index contributed by atoms with van der Waals surface area (Å²) in [5.41, 5.74) is 0.986. The van der Waals surface area contributed by atoms with E-state index in [-0.39, 0.29) is 24.1 Å². The van der Waals surface area contributed by atoms with Gasteiger partial charge in [0.2, 0.25) is 5.91 Å². The van der Waals surface area contributed by atoms with Crippen LogP contribution < -0.4 is 5.32 Å². The van der Waals surface area contributed by atoms with Crippen LogP contribution in [0.4, 0.5) is 11.4 Å². The molecule has 7 nitrogen and oxygen atoms in total. The molecule has 1 aliphatic rings. The molecule has 1 aliphatic carbocycles. The second-order valence-electron chi connectivity index (χ2n) is 6.71. The van der Waals surface area contributed by atoms with Gasteiger partial charge in [-0.3, -0.25) is 14.9 Å². The van der Waals surface area contributed by atoms with Crippen LogP contribution in [0.25, 0.3) is 10.4 Å². The largest absolute Gasteiger partial charge is 0.462 e. The number of amides is 1. The number of carbonyl (C=O) groups is 2. The first-order valence-corrected chi connectivity index (χ1v) is 10.2. The Morgan fingerprint density at radius 2 is 2.00 bits per heavy atom. The Kier molecular flexibility index (Phi) is 6.41. The average molecular weight is 402 g/mol. The Labute approximate surface area is 166 Å². The molecule has 0 saturated heterocycles. The fourth-order valence-corrected chi connectivity index (χ4v) is 4.35. The first-order chi connectivity index (χ1) is 13.5. The molecule has 1 N–H and O–H groups in total. The van der Waals surface area contributed by atoms with Crippen LogP contribution in [0.1, 0.15) is 48.7 Å². The van der Waals surface area contributed by atoms with Crippen LogP contribution in [0.2, 0.25) is 0 Å². The first kappa shape index (κ1) is 20.0. The van der Waals surface area contributed by atoms with Crippen LogP contribution in [0.5, 0.6) is 0 Å². The van der Waals surface area contributed by atoms with Gasteiger partial charge in [0.05, 0.1) is 17.2 Å². The summed E-state index contributed by atoms with van der Waals surface area (Å²) < 4.78 is 5.12. The SMILES string of the molecule is CCOC(=O)c1sc(-c2cccc([N+](=O)[O-])c2)cc1NC(=O)C1CCCCC1. The van der Waals surface area contributed by atoms with Crippen molar-refractivity contribution in [3.8, 4) is 10.4 Å². The van der Waals surface area contributed by atoms with Gasteiger partial charge in [0.1, 0.15) is 4.88 Å². The summed E-state index contributed by atoms with van der Waals surface area (Å²) in [6.07, 6.45) is 4.91. The molecule has 0 unspecified atom stereocenters. The second-order valence-corrected chi connectivity index (χ2v) is 7.76. The Balaban J connectivity index is 1.91. The number of non-ortho nitro benzene ring substituents is 1. The molecule has 1 aromatic carbocycles. The van der Waals surface area contributed by atoms with Crippen LogP contribution in [-0.2, 0) is 9.53 Å². The minimum absolute atomic E-state index is 0.0311. The van der Waals surface area contributed by atoms with E-state index in [0.29, 0.717) is 21.0 Å². The Morgan fingerprint density at radius 3 is 2.68 bits per heavy atom. The quantitative estimate of drug-likeness (QED) is 0.416. The summed E-state index contributed by atoms with van der Waals surface area (Å²) in [6.45, 7) is 1.94. The molecule has 0 atom stereocenters. The minimum Gasteiger partial charge on any atom is -0.462 e. The van der Waals surface area contributed by atoms with E-state index in [2.05, 4.69) is 5.32 Å². The summed E-state index contributed by atoms with van der Waals surface area (Å²) in [5.74, 6) is -0.651. The van der Waals surface area contributed by atoms with E-state index in [1.165, 1.54) is 12.1 Å². The van der Waals surface area contributed by atoms with Crippen molar-refractivity contribution in [3.63, 3.8) is 0 Å². The number of nitro groups is 1. The Morgan fingerprint density at radius 1 is 1.25 bits per heavy atom. The van der Waals surface area contributed by atoms with E-state index >= 15 is 0 Å². The summed E-state index contributed by atoms with van der Waals surface area (Å²) in [5, 5.41) is 13.9. The van der Waals surface area contributed by atoms with Crippen molar-refractivity contribution in [3.05, 3.63) is 45.3 Å². The maximum absolute atomic E-state index is 12.6. The molecule has 2 aromatic rings. The molecule has 1 amide bonds. The number of nitrogens with zero attached hydrogens (tertiary/aromatic N) is 1. The van der Waals surface area contributed by atoms with Crippen LogP contribution in [0.15, 0.2) is 30.3 Å². The van der Waals surface area contributed by atoms with Gasteiger partial charge in [-0.1, -0.05) is 31.4 Å². The molecular formula is C20H22N2O5S. The number of hydrogen-bond acceptors (Lipinski definition) is 6. The van der Waals surface area contributed by atoms with Gasteiger partial charge >= 0.3 is 5.97 Å². The summed E-state index contributed by atoms with van der Waals surface area (Å²) in [6, 6.07) is 7.89. The molecule has 28 heavy (non-hydrogen) atoms. The normalized spacial score (nSPS) is 14.5. The smallest absolute Gasteiger partial charge is 0.350 e. The third kappa shape index (κ3) is 4.56. The fraction of sp³-hybridized carbons (Fsp3) is 0.400. The predicted molar refractivity (Wildman–Crippen MR) is 108 cm³/mol. The van der Waals surface area contributed by atoms with E-state index in [9.17, 15) is 19.7 Å². The van der Waals surface area contributed by atoms with E-state index in [4.69, 9.17) is 4.74 Å². The van der Waals surface area contributed by atoms with Gasteiger partial charge in [0.25, 0.3) is 5.69 Å². The van der Waals surface area contributed by atoms with E-state index in [1.807, 2.05) is 0 Å². The number of hydrogen-bond donors (Lipinski definition) is 1. The van der Waals surface area contributed by atoms with Crippen molar-refractivity contribution >= 4 is 34.6 Å². The number of nitro benzene ring substituents is 1. The monoisotopic (exact) mass is 402 g/mol. The van der Waals surface area contributed by atoms with Gasteiger partial charge in [0.15, 0.2) is 0 Å². The molecule has 0 aliphatic heterocycles. The zero-order chi connectivity index (χ0) is 20.1. The van der Waals surface area contributed by atoms with E-state index < -0.39 is 10.9 Å². The van der Waals surface area contributed by atoms with Crippen molar-refractivity contribution in [2.45, 2.75) is 39.0 Å². The van der Waals surface area contributed by atoms with E-state index in [0.717, 1.165) is 43.4 Å². The van der Waals surface area contributed by atoms with Crippen LogP contribution in [0.3, 0.4) is 0 Å². The first-order valence-electron chi connectivity index (χ1n) is 9.36. The molecule has 8 heteroatoms. The van der Waals surface area contributed by atoms with Gasteiger partial charge in [-0.15, -0.1) is 11.3 Å². The lowest BCUT2D eigenvalue weighted by Gasteiger charge is -2.20. The van der Waals surface area contributed by atoms with Crippen molar-refractivity contribution in [1.29, 1.82) is 0 Å². The third-order valence-corrected chi connectivity index (χ3v) is 5.93. The number of anilines is 1. The molecule has 1 saturated carbocycles. The molecule has 0 spiro atoms. The topological polar surface area (TPSA) is 98.5 Å². The van der Waals surface area contributed by atoms with E-state index in [1.54, 1.807) is 25.1 Å². The molecular weight excluding hydrogens is 380 g/mol. The molecule has 1 fully saturated rings. The Hall–Kier alpha value is -2.74. The van der Waals surface area contributed by atoms with Crippen molar-refractivity contribution in [2.24, 2.45) is 5.92 Å². The van der Waals surface area contributed by atoms with Gasteiger partial charge in [0, 0.05) is 22.9 Å². The molecule has 1 heterocycles. The number of thiophene rings is 1. The van der Waals surface area contributed by atoms with Gasteiger partial charge in [-0.25, -0.2) is 4.79 Å². The van der Waals surface area contributed by atoms with Crippen molar-refractivity contribution in [2.75, 3.05) is 11.9 Å². The summed E-state index contributed by atoms with van der Waals surface area (Å²) >= 11 is 1.16. The third-order valence-electron chi connectivity index (χ3n) is 4.77. The number of rotatable bonds is 6. The molecule has 1 aromatic heterocycles. The lowest BCUT2D eigenvalue weighted by molar-refractivity contribution is -0.384. The molecule has 0 bridgehead atoms. The molecule has 148 valence electrons. The van der Waals surface area contributed by atoms with Crippen LogP contribution >= 0.6 is 11.3 Å². The number of esters is 1. The maximum Gasteiger partial charge on any atom is 0.350 e. The fourth-order valence-electron chi connectivity index (χ4n) is 3.35. The number of nitrogens with one attached hydrogen (secondary N) is 1. The minimum atomic E-state index is -0.511. The summed E-state index contributed by atoms with van der Waals surface area (Å²) in [7, 11) is 0. The lowest BCUT2D eigenvalue weighted by Crippen LogP contribution is -2.25. The zero-order valence-corrected chi connectivity index (χ0v) is 16.4. The van der Waals surface area contributed by atoms with Gasteiger partial charge < -0.3 is 10.1 Å². The predicted octanol–water partition coefficient (Wildman–Crippen LogP) is 5.02. The highest BCUT2D eigenvalue weighted by Crippen LogP contribution is 2.37. The Bertz CT molecular complexity index is 886. The molecule has 3 rings (SSSR count). The zero-order valence-electron chi connectivity index (χ0n) is 15.6. The van der Waals surface area contributed by atoms with Gasteiger partial charge in [-0.2, -0.15) is 0 Å². The summed E-state index contributed by atoms with van der Waals surface area (Å²) in [4.78, 5) is 36.6. The second kappa shape index (κ2) is 8.97. The number of ether oxygens (including phenoxy) is 1. The maximum atomic E-state index is 12.6. The number of carbonyl (C=O) groups excluding carboxylic acids is 2. The standard InChI is InChI=1S/C20H22N2O5S/c1-2-27-20(24)18-16(21-19(23)13-7-4-3-5-8-13)12-17(28-18)14-9-6-10-15(11-14)22(25)26/h6,9-13H,2-5,7-8H2,1H3,(H,21,23). The van der Waals surface area contributed by atoms with Crippen LogP contribution in [0, 0.1) is 16.0 Å². The highest BCUT2D eigenvalue weighted by Gasteiger charge is 2.25. The molecule has 0 radical (unpaired) electrons. The van der Waals surface area contributed by atoms with Gasteiger partial charge in [-0.05, 0) is 31.4 Å². The van der Waals surface area contributed by atoms with Crippen LogP contribution in [-0.4, -0.2) is 23.4 Å². The highest BCUT2D eigenvalue weighted by atomic mass is 32.1. The lowest BCUT2D eigenvalue weighted by atomic mass is 9.88. The highest BCUT2D eigenvalue weighted by molar-refractivity contribution is 7.18. The average Bonchev–Trinajstić information content (AvgIpc) is 3.13.